The SMILES string of the molecule is CNCc1cn(-c2ccc(C(N)=O)c(NC3CCC(O)CC3)c2)c2c1C(=O)N(NC1CC1)C(C)(C)C2. The molecule has 2 saturated carbocycles. The number of aliphatic hydroxyl groups excluding tert-OH is 1. The van der Waals surface area contributed by atoms with Gasteiger partial charge in [0.1, 0.15) is 0 Å². The molecule has 0 bridgehead atoms. The monoisotopic (exact) mass is 494 g/mol. The van der Waals surface area contributed by atoms with E-state index in [4.69, 9.17) is 5.73 Å². The van der Waals surface area contributed by atoms with Crippen molar-refractivity contribution in [1.29, 1.82) is 0 Å². The molecule has 1 aliphatic heterocycles. The summed E-state index contributed by atoms with van der Waals surface area (Å²) in [5, 5.41) is 18.4. The lowest BCUT2D eigenvalue weighted by Gasteiger charge is -2.42. The Kier molecular flexibility index (Phi) is 6.57. The van der Waals surface area contributed by atoms with Crippen LogP contribution in [0.5, 0.6) is 0 Å². The number of primary amides is 1. The molecule has 1 aromatic carbocycles. The van der Waals surface area contributed by atoms with Crippen molar-refractivity contribution in [1.82, 2.24) is 20.3 Å². The van der Waals surface area contributed by atoms with Gasteiger partial charge in [0, 0.05) is 48.3 Å². The van der Waals surface area contributed by atoms with Crippen LogP contribution in [0.1, 0.15) is 84.3 Å². The first-order chi connectivity index (χ1) is 17.2. The number of rotatable bonds is 8. The Hall–Kier alpha value is -2.88. The number of hydrazine groups is 1. The zero-order chi connectivity index (χ0) is 25.6. The van der Waals surface area contributed by atoms with E-state index in [-0.39, 0.29) is 18.1 Å². The first kappa shape index (κ1) is 24.8. The van der Waals surface area contributed by atoms with Gasteiger partial charge in [-0.1, -0.05) is 0 Å². The van der Waals surface area contributed by atoms with Gasteiger partial charge in [-0.25, -0.2) is 5.43 Å². The molecule has 1 aromatic heterocycles. The number of anilines is 1. The van der Waals surface area contributed by atoms with Gasteiger partial charge >= 0.3 is 0 Å². The third kappa shape index (κ3) is 4.75. The number of nitrogens with zero attached hydrogens (tertiary/aromatic N) is 2. The Morgan fingerprint density at radius 1 is 1.14 bits per heavy atom. The van der Waals surface area contributed by atoms with Gasteiger partial charge in [0.2, 0.25) is 0 Å². The van der Waals surface area contributed by atoms with Crippen LogP contribution in [0.2, 0.25) is 0 Å². The summed E-state index contributed by atoms with van der Waals surface area (Å²) in [6, 6.07) is 6.16. The minimum atomic E-state index is -0.483. The Labute approximate surface area is 212 Å². The molecule has 0 atom stereocenters. The van der Waals surface area contributed by atoms with Crippen molar-refractivity contribution in [3.63, 3.8) is 0 Å². The van der Waals surface area contributed by atoms with Crippen LogP contribution in [-0.2, 0) is 13.0 Å². The number of nitrogens with two attached hydrogens (primary N) is 1. The number of hydrogen-bond donors (Lipinski definition) is 5. The average Bonchev–Trinajstić information content (AvgIpc) is 3.58. The van der Waals surface area contributed by atoms with Crippen LogP contribution in [0.4, 0.5) is 5.69 Å². The molecule has 3 aliphatic rings. The van der Waals surface area contributed by atoms with Crippen LogP contribution >= 0.6 is 0 Å². The van der Waals surface area contributed by atoms with Crippen molar-refractivity contribution in [3.8, 4) is 5.69 Å². The summed E-state index contributed by atoms with van der Waals surface area (Å²) in [6.45, 7) is 4.77. The minimum Gasteiger partial charge on any atom is -0.393 e. The molecule has 194 valence electrons. The van der Waals surface area contributed by atoms with Crippen molar-refractivity contribution >= 4 is 17.5 Å². The summed E-state index contributed by atoms with van der Waals surface area (Å²) in [7, 11) is 1.88. The Morgan fingerprint density at radius 2 is 1.83 bits per heavy atom. The largest absolute Gasteiger partial charge is 0.393 e. The molecule has 5 rings (SSSR count). The summed E-state index contributed by atoms with van der Waals surface area (Å²) >= 11 is 0. The lowest BCUT2D eigenvalue weighted by Crippen LogP contribution is -2.60. The maximum atomic E-state index is 13.8. The van der Waals surface area contributed by atoms with E-state index in [1.165, 1.54) is 0 Å². The normalized spacial score (nSPS) is 23.4. The van der Waals surface area contributed by atoms with Crippen molar-refractivity contribution in [2.45, 2.75) is 89.1 Å². The first-order valence-corrected chi connectivity index (χ1v) is 13.0. The summed E-state index contributed by atoms with van der Waals surface area (Å²) in [4.78, 5) is 26.0. The predicted molar refractivity (Wildman–Crippen MR) is 139 cm³/mol. The first-order valence-electron chi connectivity index (χ1n) is 13.0. The van der Waals surface area contributed by atoms with Crippen LogP contribution in [0.15, 0.2) is 24.4 Å². The van der Waals surface area contributed by atoms with Gasteiger partial charge in [0.05, 0.1) is 22.8 Å². The molecule has 6 N–H and O–H groups in total. The van der Waals surface area contributed by atoms with Gasteiger partial charge < -0.3 is 26.0 Å². The molecule has 2 aliphatic carbocycles. The zero-order valence-electron chi connectivity index (χ0n) is 21.4. The van der Waals surface area contributed by atoms with Gasteiger partial charge in [0.15, 0.2) is 0 Å². The zero-order valence-corrected chi connectivity index (χ0v) is 21.4. The summed E-state index contributed by atoms with van der Waals surface area (Å²) in [5.74, 6) is -0.478. The molecular weight excluding hydrogens is 456 g/mol. The number of hydrogen-bond acceptors (Lipinski definition) is 6. The quantitative estimate of drug-likeness (QED) is 0.384. The minimum absolute atomic E-state index is 0.00465. The number of fused-ring (bicyclic) bond motifs is 1. The standard InChI is InChI=1S/C27H38N6O3/c1-27(2)13-23-24(26(36)33(27)31-18-4-5-18)16(14-29-3)15-32(23)19-8-11-21(25(28)35)22(12-19)30-17-6-9-20(34)10-7-17/h8,11-12,15,17-18,20,29-31,34H,4-7,9-10,13-14H2,1-3H3,(H2,28,35). The van der Waals surface area contributed by atoms with E-state index >= 15 is 0 Å². The molecule has 9 heteroatoms. The second-order valence-electron chi connectivity index (χ2n) is 11.2. The number of benzene rings is 1. The Morgan fingerprint density at radius 3 is 2.47 bits per heavy atom. The number of aliphatic hydroxyl groups is 1. The third-order valence-electron chi connectivity index (χ3n) is 7.67. The fraction of sp³-hybridized carbons (Fsp3) is 0.556. The highest BCUT2D eigenvalue weighted by Gasteiger charge is 2.43. The Bertz CT molecular complexity index is 1160. The van der Waals surface area contributed by atoms with Crippen LogP contribution in [-0.4, -0.2) is 57.3 Å². The molecule has 0 unspecified atom stereocenters. The van der Waals surface area contributed by atoms with Gasteiger partial charge in [-0.2, -0.15) is 0 Å². The summed E-state index contributed by atoms with van der Waals surface area (Å²) in [5.41, 5.74) is 13.4. The van der Waals surface area contributed by atoms with E-state index < -0.39 is 11.4 Å². The molecule has 9 nitrogen and oxygen atoms in total. The third-order valence-corrected chi connectivity index (χ3v) is 7.67. The molecule has 2 heterocycles. The summed E-state index contributed by atoms with van der Waals surface area (Å²) in [6.07, 6.45) is 7.82. The van der Waals surface area contributed by atoms with Gasteiger partial charge in [-0.05, 0) is 83.2 Å². The fourth-order valence-corrected chi connectivity index (χ4v) is 5.55. The van der Waals surface area contributed by atoms with E-state index in [9.17, 15) is 14.7 Å². The number of amides is 2. The molecule has 36 heavy (non-hydrogen) atoms. The molecule has 2 aromatic rings. The Balaban J connectivity index is 1.54. The van der Waals surface area contributed by atoms with E-state index in [1.807, 2.05) is 30.4 Å². The topological polar surface area (TPSA) is 125 Å². The lowest BCUT2D eigenvalue weighted by molar-refractivity contribution is 0.0287. The van der Waals surface area contributed by atoms with Crippen molar-refractivity contribution in [2.24, 2.45) is 5.73 Å². The fourth-order valence-electron chi connectivity index (χ4n) is 5.55. The van der Waals surface area contributed by atoms with Gasteiger partial charge in [0.25, 0.3) is 11.8 Å². The highest BCUT2D eigenvalue weighted by atomic mass is 16.3. The predicted octanol–water partition coefficient (Wildman–Crippen LogP) is 2.45. The van der Waals surface area contributed by atoms with Crippen LogP contribution in [0.25, 0.3) is 5.69 Å². The molecule has 0 radical (unpaired) electrons. The van der Waals surface area contributed by atoms with E-state index in [2.05, 4.69) is 34.5 Å². The second-order valence-corrected chi connectivity index (χ2v) is 11.2. The van der Waals surface area contributed by atoms with Crippen LogP contribution in [0, 0.1) is 0 Å². The van der Waals surface area contributed by atoms with E-state index in [1.54, 1.807) is 6.07 Å². The van der Waals surface area contributed by atoms with Crippen LogP contribution < -0.4 is 21.8 Å². The maximum absolute atomic E-state index is 13.8. The number of carbonyl (C=O) groups excluding carboxylic acids is 2. The highest BCUT2D eigenvalue weighted by molar-refractivity contribution is 6.00. The molecule has 2 amide bonds. The number of carbonyl (C=O) groups is 2. The van der Waals surface area contributed by atoms with Crippen molar-refractivity contribution in [2.75, 3.05) is 12.4 Å². The van der Waals surface area contributed by atoms with E-state index in [0.29, 0.717) is 30.3 Å². The van der Waals surface area contributed by atoms with Gasteiger partial charge in [-0.15, -0.1) is 0 Å². The van der Waals surface area contributed by atoms with Gasteiger partial charge in [-0.3, -0.25) is 14.6 Å². The molecule has 0 saturated heterocycles. The second kappa shape index (κ2) is 9.53. The molecular formula is C27H38N6O3. The highest BCUT2D eigenvalue weighted by Crippen LogP contribution is 2.36. The smallest absolute Gasteiger partial charge is 0.270 e. The molecule has 0 spiro atoms. The van der Waals surface area contributed by atoms with Crippen molar-refractivity contribution < 1.29 is 14.7 Å². The molecule has 2 fully saturated rings. The summed E-state index contributed by atoms with van der Waals surface area (Å²) < 4.78 is 2.09. The number of aromatic nitrogens is 1. The van der Waals surface area contributed by atoms with Crippen LogP contribution in [0.3, 0.4) is 0 Å². The maximum Gasteiger partial charge on any atom is 0.270 e. The lowest BCUT2D eigenvalue weighted by atomic mass is 9.89. The van der Waals surface area contributed by atoms with Crippen molar-refractivity contribution in [3.05, 3.63) is 46.8 Å². The average molecular weight is 495 g/mol. The van der Waals surface area contributed by atoms with E-state index in [0.717, 1.165) is 61.0 Å². The number of nitrogens with one attached hydrogen (secondary N) is 3.